The van der Waals surface area contributed by atoms with Crippen LogP contribution in [-0.4, -0.2) is 42.6 Å². The Bertz CT molecular complexity index is 1440. The van der Waals surface area contributed by atoms with Crippen molar-refractivity contribution in [2.24, 2.45) is 12.1 Å². The van der Waals surface area contributed by atoms with Crippen molar-refractivity contribution in [3.8, 4) is 5.75 Å². The smallest absolute Gasteiger partial charge is 0.329 e. The van der Waals surface area contributed by atoms with Gasteiger partial charge in [-0.1, -0.05) is 41.9 Å². The zero-order valence-corrected chi connectivity index (χ0v) is 19.3. The van der Waals surface area contributed by atoms with Gasteiger partial charge in [0.05, 0.1) is 12.3 Å². The Morgan fingerprint density at radius 3 is 2.62 bits per heavy atom. The Kier molecular flexibility index (Phi) is 6.80. The minimum atomic E-state index is -0.976. The molecule has 10 nitrogen and oxygen atoms in total. The number of rotatable bonds is 8. The van der Waals surface area contributed by atoms with E-state index in [4.69, 9.17) is 16.3 Å². The predicted octanol–water partition coefficient (Wildman–Crippen LogP) is 2.35. The van der Waals surface area contributed by atoms with Crippen molar-refractivity contribution in [2.75, 3.05) is 12.0 Å². The van der Waals surface area contributed by atoms with Crippen molar-refractivity contribution in [3.63, 3.8) is 0 Å². The highest BCUT2D eigenvalue weighted by Crippen LogP contribution is 2.18. The average molecular weight is 483 g/mol. The summed E-state index contributed by atoms with van der Waals surface area (Å²) in [5, 5.41) is 15.6. The van der Waals surface area contributed by atoms with E-state index in [1.165, 1.54) is 16.2 Å². The first-order valence-corrected chi connectivity index (χ1v) is 10.8. The van der Waals surface area contributed by atoms with Crippen LogP contribution in [0.15, 0.2) is 69.3 Å². The van der Waals surface area contributed by atoms with Gasteiger partial charge in [0.1, 0.15) is 18.5 Å². The quantitative estimate of drug-likeness (QED) is 0.261. The number of aliphatic hydroxyl groups is 1. The number of benzene rings is 2. The van der Waals surface area contributed by atoms with Gasteiger partial charge in [-0.3, -0.25) is 14.3 Å². The number of aryl methyl sites for hydroxylation is 1. The molecule has 0 bridgehead atoms. The number of para-hydroxylation sites is 1. The molecule has 0 spiro atoms. The molecule has 0 aliphatic carbocycles. The van der Waals surface area contributed by atoms with Gasteiger partial charge in [0.15, 0.2) is 11.2 Å². The third-order valence-electron chi connectivity index (χ3n) is 5.17. The Morgan fingerprint density at radius 2 is 1.91 bits per heavy atom. The van der Waals surface area contributed by atoms with E-state index in [-0.39, 0.29) is 30.3 Å². The fourth-order valence-corrected chi connectivity index (χ4v) is 3.49. The molecule has 1 unspecified atom stereocenters. The van der Waals surface area contributed by atoms with E-state index in [1.54, 1.807) is 31.2 Å². The van der Waals surface area contributed by atoms with Gasteiger partial charge in [0, 0.05) is 12.1 Å². The first kappa shape index (κ1) is 23.3. The number of ether oxygens (including phenoxy) is 1. The Morgan fingerprint density at radius 1 is 1.21 bits per heavy atom. The van der Waals surface area contributed by atoms with Crippen LogP contribution in [0.1, 0.15) is 12.5 Å². The van der Waals surface area contributed by atoms with Crippen LogP contribution in [0.2, 0.25) is 5.02 Å². The minimum Gasteiger partial charge on any atom is -0.491 e. The summed E-state index contributed by atoms with van der Waals surface area (Å²) in [5.41, 5.74) is 3.41. The fourth-order valence-electron chi connectivity index (χ4n) is 3.36. The lowest BCUT2D eigenvalue weighted by molar-refractivity contribution is 0.0938. The number of aromatic nitrogens is 4. The molecule has 2 aromatic carbocycles. The summed E-state index contributed by atoms with van der Waals surface area (Å²) in [6.45, 7) is 1.76. The average Bonchev–Trinajstić information content (AvgIpc) is 3.19. The maximum atomic E-state index is 12.6. The second-order valence-electron chi connectivity index (χ2n) is 7.63. The number of aromatic amines is 1. The molecule has 0 radical (unpaired) electrons. The second kappa shape index (κ2) is 9.94. The molecule has 0 fully saturated rings. The summed E-state index contributed by atoms with van der Waals surface area (Å²) in [6.07, 6.45) is -0.976. The molecule has 0 aliphatic heterocycles. The van der Waals surface area contributed by atoms with E-state index in [9.17, 15) is 14.7 Å². The molecule has 2 heterocycles. The Balaban J connectivity index is 1.65. The van der Waals surface area contributed by atoms with Gasteiger partial charge in [-0.2, -0.15) is 10.1 Å². The third-order valence-corrected chi connectivity index (χ3v) is 5.42. The maximum Gasteiger partial charge on any atom is 0.329 e. The fraction of sp³-hybridized carbons (Fsp3) is 0.217. The van der Waals surface area contributed by atoms with Crippen LogP contribution in [0.5, 0.6) is 5.75 Å². The molecule has 34 heavy (non-hydrogen) atoms. The summed E-state index contributed by atoms with van der Waals surface area (Å²) < 4.78 is 8.32. The number of fused-ring (bicyclic) bond motifs is 1. The van der Waals surface area contributed by atoms with Gasteiger partial charge in [-0.25, -0.2) is 10.2 Å². The number of hydrogen-bond donors (Lipinski definition) is 3. The predicted molar refractivity (Wildman–Crippen MR) is 131 cm³/mol. The lowest BCUT2D eigenvalue weighted by atomic mass is 10.1. The first-order chi connectivity index (χ1) is 16.3. The van der Waals surface area contributed by atoms with Crippen molar-refractivity contribution < 1.29 is 9.84 Å². The maximum absolute atomic E-state index is 12.6. The van der Waals surface area contributed by atoms with E-state index < -0.39 is 17.4 Å². The third kappa shape index (κ3) is 5.03. The zero-order chi connectivity index (χ0) is 24.2. The van der Waals surface area contributed by atoms with Gasteiger partial charge in [-0.05, 0) is 36.8 Å². The van der Waals surface area contributed by atoms with Crippen LogP contribution >= 0.6 is 11.6 Å². The molecule has 1 atom stereocenters. The van der Waals surface area contributed by atoms with Crippen LogP contribution in [0.3, 0.4) is 0 Å². The SMILES string of the molecule is CC(=NNc1nc2c(c(=O)[nH]c(=O)n2C)n1CC(O)COc1ccccc1)c1ccc(Cl)cc1. The lowest BCUT2D eigenvalue weighted by Gasteiger charge is -2.15. The summed E-state index contributed by atoms with van der Waals surface area (Å²) in [6, 6.07) is 16.2. The van der Waals surface area contributed by atoms with E-state index >= 15 is 0 Å². The zero-order valence-electron chi connectivity index (χ0n) is 18.5. The molecular formula is C23H23ClN6O4. The minimum absolute atomic E-state index is 0.0140. The molecule has 0 saturated heterocycles. The molecule has 11 heteroatoms. The molecule has 2 aromatic heterocycles. The highest BCUT2D eigenvalue weighted by molar-refractivity contribution is 6.30. The molecule has 0 saturated carbocycles. The summed E-state index contributed by atoms with van der Waals surface area (Å²) in [7, 11) is 1.50. The number of anilines is 1. The highest BCUT2D eigenvalue weighted by atomic mass is 35.5. The van der Waals surface area contributed by atoms with Crippen LogP contribution in [-0.2, 0) is 13.6 Å². The number of halogens is 1. The van der Waals surface area contributed by atoms with E-state index in [1.807, 2.05) is 30.3 Å². The topological polar surface area (TPSA) is 127 Å². The number of nitrogens with zero attached hydrogens (tertiary/aromatic N) is 4. The lowest BCUT2D eigenvalue weighted by Crippen LogP contribution is -2.30. The van der Waals surface area contributed by atoms with Crippen LogP contribution < -0.4 is 21.4 Å². The van der Waals surface area contributed by atoms with E-state index in [2.05, 4.69) is 20.5 Å². The van der Waals surface area contributed by atoms with Gasteiger partial charge in [0.2, 0.25) is 5.95 Å². The Hall–Kier alpha value is -3.89. The van der Waals surface area contributed by atoms with E-state index in [0.717, 1.165) is 5.56 Å². The normalized spacial score (nSPS) is 12.6. The summed E-state index contributed by atoms with van der Waals surface area (Å²) in [5.74, 6) is 0.799. The van der Waals surface area contributed by atoms with Crippen molar-refractivity contribution in [2.45, 2.75) is 19.6 Å². The second-order valence-corrected chi connectivity index (χ2v) is 8.07. The molecule has 176 valence electrons. The van der Waals surface area contributed by atoms with Crippen LogP contribution in [0.25, 0.3) is 11.2 Å². The monoisotopic (exact) mass is 482 g/mol. The molecular weight excluding hydrogens is 460 g/mol. The first-order valence-electron chi connectivity index (χ1n) is 10.4. The largest absolute Gasteiger partial charge is 0.491 e. The van der Waals surface area contributed by atoms with Gasteiger partial charge in [0.25, 0.3) is 5.56 Å². The number of imidazole rings is 1. The molecule has 0 amide bonds. The molecule has 4 aromatic rings. The summed E-state index contributed by atoms with van der Waals surface area (Å²) >= 11 is 5.95. The highest BCUT2D eigenvalue weighted by Gasteiger charge is 2.20. The van der Waals surface area contributed by atoms with Gasteiger partial charge < -0.3 is 14.4 Å². The van der Waals surface area contributed by atoms with Crippen molar-refractivity contribution >= 4 is 34.4 Å². The van der Waals surface area contributed by atoms with E-state index in [0.29, 0.717) is 16.5 Å². The molecule has 4 rings (SSSR count). The Labute approximate surface area is 199 Å². The number of hydrazone groups is 1. The summed E-state index contributed by atoms with van der Waals surface area (Å²) in [4.78, 5) is 31.3. The van der Waals surface area contributed by atoms with Crippen LogP contribution in [0, 0.1) is 0 Å². The van der Waals surface area contributed by atoms with Crippen LogP contribution in [0.4, 0.5) is 5.95 Å². The number of nitrogens with one attached hydrogen (secondary N) is 2. The number of aliphatic hydroxyl groups excluding tert-OH is 1. The van der Waals surface area contributed by atoms with Crippen molar-refractivity contribution in [1.82, 2.24) is 19.1 Å². The van der Waals surface area contributed by atoms with Gasteiger partial charge in [-0.15, -0.1) is 0 Å². The van der Waals surface area contributed by atoms with Crippen molar-refractivity contribution in [3.05, 3.63) is 86.0 Å². The number of H-pyrrole nitrogens is 1. The van der Waals surface area contributed by atoms with Gasteiger partial charge >= 0.3 is 5.69 Å². The number of hydrogen-bond acceptors (Lipinski definition) is 7. The standard InChI is InChI=1S/C23H23ClN6O4/c1-14(15-8-10-16(24)11-9-15)27-28-22-25-20-19(21(32)26-23(33)29(20)2)30(22)12-17(31)13-34-18-6-4-3-5-7-18/h3-11,17,31H,12-13H2,1-2H3,(H,25,28)(H,26,32,33). The molecule has 3 N–H and O–H groups in total. The molecule has 0 aliphatic rings. The van der Waals surface area contributed by atoms with Crippen molar-refractivity contribution in [1.29, 1.82) is 0 Å².